The van der Waals surface area contributed by atoms with Crippen molar-refractivity contribution in [3.05, 3.63) is 64.1 Å². The van der Waals surface area contributed by atoms with Gasteiger partial charge in [-0.25, -0.2) is 4.98 Å². The number of nitrogens with zero attached hydrogens (tertiary/aromatic N) is 1. The minimum Gasteiger partial charge on any atom is -0.224 e. The molecule has 1 aromatic heterocycles. The summed E-state index contributed by atoms with van der Waals surface area (Å²) in [5, 5.41) is 0.695. The Hall–Kier alpha value is -1.35. The Balaban J connectivity index is 2.18. The largest absolute Gasteiger partial charge is 0.224 e. The predicted octanol–water partition coefficient (Wildman–Crippen LogP) is 5.78. The van der Waals surface area contributed by atoms with Crippen molar-refractivity contribution in [3.63, 3.8) is 0 Å². The van der Waals surface area contributed by atoms with Gasteiger partial charge in [-0.05, 0) is 17.7 Å². The van der Waals surface area contributed by atoms with E-state index in [0.29, 0.717) is 9.49 Å². The third-order valence-corrected chi connectivity index (χ3v) is 4.18. The van der Waals surface area contributed by atoms with Gasteiger partial charge in [-0.2, -0.15) is 0 Å². The third-order valence-electron chi connectivity index (χ3n) is 2.74. The quantitative estimate of drug-likeness (QED) is 0.584. The molecule has 0 fully saturated rings. The highest BCUT2D eigenvalue weighted by Crippen LogP contribution is 2.38. The van der Waals surface area contributed by atoms with Crippen molar-refractivity contribution in [2.24, 2.45) is 0 Å². The van der Waals surface area contributed by atoms with E-state index in [-0.39, 0.29) is 0 Å². The smallest absolute Gasteiger partial charge is 0.184 e. The lowest BCUT2D eigenvalue weighted by Gasteiger charge is -2.03. The minimum absolute atomic E-state index is 0.536. The van der Waals surface area contributed by atoms with Crippen LogP contribution in [0.4, 0.5) is 0 Å². The van der Waals surface area contributed by atoms with E-state index in [4.69, 9.17) is 23.2 Å². The van der Waals surface area contributed by atoms with Crippen LogP contribution in [0.5, 0.6) is 0 Å². The molecular weight excluding hydrogens is 297 g/mol. The van der Waals surface area contributed by atoms with Crippen molar-refractivity contribution >= 4 is 34.5 Å². The van der Waals surface area contributed by atoms with Gasteiger partial charge in [0.1, 0.15) is 0 Å². The standard InChI is InChI=1S/C15H9Cl2NS/c16-12-8-4-7-11(9-12)13-14(19-15(17)18-13)10-5-2-1-3-6-10/h1-9H. The van der Waals surface area contributed by atoms with Crippen LogP contribution in [0.2, 0.25) is 9.49 Å². The summed E-state index contributed by atoms with van der Waals surface area (Å²) in [6, 6.07) is 17.8. The lowest BCUT2D eigenvalue weighted by Crippen LogP contribution is -1.81. The molecule has 0 bridgehead atoms. The highest BCUT2D eigenvalue weighted by Gasteiger charge is 2.13. The van der Waals surface area contributed by atoms with E-state index in [1.54, 1.807) is 0 Å². The normalized spacial score (nSPS) is 10.6. The van der Waals surface area contributed by atoms with Crippen LogP contribution in [0.25, 0.3) is 21.7 Å². The summed E-state index contributed by atoms with van der Waals surface area (Å²) in [6.45, 7) is 0. The molecule has 4 heteroatoms. The van der Waals surface area contributed by atoms with Gasteiger partial charge in [0.05, 0.1) is 10.6 Å². The summed E-state index contributed by atoms with van der Waals surface area (Å²) in [6.07, 6.45) is 0. The summed E-state index contributed by atoms with van der Waals surface area (Å²) in [5.74, 6) is 0. The van der Waals surface area contributed by atoms with Gasteiger partial charge < -0.3 is 0 Å². The number of aromatic nitrogens is 1. The summed E-state index contributed by atoms with van der Waals surface area (Å²) >= 11 is 13.6. The second-order valence-corrected chi connectivity index (χ2v) is 6.04. The van der Waals surface area contributed by atoms with Gasteiger partial charge in [0.2, 0.25) is 0 Å². The molecule has 3 rings (SSSR count). The van der Waals surface area contributed by atoms with Crippen LogP contribution in [0, 0.1) is 0 Å². The molecule has 19 heavy (non-hydrogen) atoms. The molecule has 2 aromatic carbocycles. The van der Waals surface area contributed by atoms with Crippen LogP contribution < -0.4 is 0 Å². The minimum atomic E-state index is 0.536. The molecule has 0 saturated carbocycles. The summed E-state index contributed by atoms with van der Waals surface area (Å²) in [5.41, 5.74) is 2.97. The Labute approximate surface area is 125 Å². The Morgan fingerprint density at radius 2 is 1.58 bits per heavy atom. The van der Waals surface area contributed by atoms with Gasteiger partial charge in [-0.15, -0.1) is 11.3 Å². The SMILES string of the molecule is Clc1cccc(-c2nc(Cl)sc2-c2ccccc2)c1. The van der Waals surface area contributed by atoms with Gasteiger partial charge in [0, 0.05) is 10.6 Å². The number of halogens is 2. The van der Waals surface area contributed by atoms with Crippen LogP contribution in [-0.4, -0.2) is 4.98 Å². The van der Waals surface area contributed by atoms with Gasteiger partial charge in [0.15, 0.2) is 4.47 Å². The van der Waals surface area contributed by atoms with E-state index < -0.39 is 0 Å². The molecule has 0 spiro atoms. The number of rotatable bonds is 2. The number of benzene rings is 2. The van der Waals surface area contributed by atoms with Crippen LogP contribution in [0.15, 0.2) is 54.6 Å². The van der Waals surface area contributed by atoms with E-state index in [2.05, 4.69) is 17.1 Å². The zero-order chi connectivity index (χ0) is 13.2. The average molecular weight is 306 g/mol. The molecule has 0 aliphatic carbocycles. The highest BCUT2D eigenvalue weighted by atomic mass is 35.5. The van der Waals surface area contributed by atoms with E-state index in [0.717, 1.165) is 21.7 Å². The van der Waals surface area contributed by atoms with Crippen molar-refractivity contribution in [3.8, 4) is 21.7 Å². The Morgan fingerprint density at radius 3 is 2.32 bits per heavy atom. The fourth-order valence-corrected chi connectivity index (χ4v) is 3.24. The van der Waals surface area contributed by atoms with Crippen LogP contribution in [0.1, 0.15) is 0 Å². The monoisotopic (exact) mass is 305 g/mol. The fraction of sp³-hybridized carbons (Fsp3) is 0. The maximum absolute atomic E-state index is 6.08. The van der Waals surface area contributed by atoms with E-state index in [1.807, 2.05) is 42.5 Å². The van der Waals surface area contributed by atoms with Crippen LogP contribution in [0.3, 0.4) is 0 Å². The lowest BCUT2D eigenvalue weighted by molar-refractivity contribution is 1.41. The molecule has 0 unspecified atom stereocenters. The van der Waals surface area contributed by atoms with E-state index >= 15 is 0 Å². The Bertz CT molecular complexity index is 707. The summed E-state index contributed by atoms with van der Waals surface area (Å²) in [7, 11) is 0. The zero-order valence-corrected chi connectivity index (χ0v) is 12.1. The number of thiazole rings is 1. The number of hydrogen-bond acceptors (Lipinski definition) is 2. The predicted molar refractivity (Wildman–Crippen MR) is 83.0 cm³/mol. The topological polar surface area (TPSA) is 12.9 Å². The molecule has 0 aliphatic heterocycles. The second-order valence-electron chi connectivity index (χ2n) is 4.02. The van der Waals surface area contributed by atoms with Gasteiger partial charge in [-0.3, -0.25) is 0 Å². The fourth-order valence-electron chi connectivity index (χ4n) is 1.91. The van der Waals surface area contributed by atoms with E-state index in [9.17, 15) is 0 Å². The first-order valence-electron chi connectivity index (χ1n) is 5.72. The average Bonchev–Trinajstić information content (AvgIpc) is 2.82. The maximum Gasteiger partial charge on any atom is 0.184 e. The summed E-state index contributed by atoms with van der Waals surface area (Å²) in [4.78, 5) is 5.49. The van der Waals surface area contributed by atoms with Crippen LogP contribution >= 0.6 is 34.5 Å². The van der Waals surface area contributed by atoms with Gasteiger partial charge >= 0.3 is 0 Å². The van der Waals surface area contributed by atoms with Crippen molar-refractivity contribution < 1.29 is 0 Å². The van der Waals surface area contributed by atoms with Crippen molar-refractivity contribution in [1.82, 2.24) is 4.98 Å². The molecule has 0 N–H and O–H groups in total. The van der Waals surface area contributed by atoms with Crippen LogP contribution in [-0.2, 0) is 0 Å². The van der Waals surface area contributed by atoms with Crippen molar-refractivity contribution in [2.75, 3.05) is 0 Å². The first kappa shape index (κ1) is 12.7. The molecule has 0 saturated heterocycles. The third kappa shape index (κ3) is 2.66. The molecule has 3 aromatic rings. The lowest BCUT2D eigenvalue weighted by atomic mass is 10.1. The molecule has 1 nitrogen and oxygen atoms in total. The summed E-state index contributed by atoms with van der Waals surface area (Å²) < 4.78 is 0.536. The zero-order valence-electron chi connectivity index (χ0n) is 9.81. The Morgan fingerprint density at radius 1 is 0.842 bits per heavy atom. The van der Waals surface area contributed by atoms with Gasteiger partial charge in [0.25, 0.3) is 0 Å². The molecule has 1 heterocycles. The second kappa shape index (κ2) is 5.33. The van der Waals surface area contributed by atoms with Crippen molar-refractivity contribution in [1.29, 1.82) is 0 Å². The molecule has 0 amide bonds. The molecule has 0 aliphatic rings. The molecular formula is C15H9Cl2NS. The molecule has 94 valence electrons. The van der Waals surface area contributed by atoms with Crippen molar-refractivity contribution in [2.45, 2.75) is 0 Å². The first-order chi connectivity index (χ1) is 9.24. The van der Waals surface area contributed by atoms with Gasteiger partial charge in [-0.1, -0.05) is 65.7 Å². The Kier molecular flexibility index (Phi) is 3.56. The molecule has 0 radical (unpaired) electrons. The molecule has 0 atom stereocenters. The van der Waals surface area contributed by atoms with E-state index in [1.165, 1.54) is 11.3 Å². The maximum atomic E-state index is 6.08. The first-order valence-corrected chi connectivity index (χ1v) is 7.29. The number of hydrogen-bond donors (Lipinski definition) is 0. The highest BCUT2D eigenvalue weighted by molar-refractivity contribution is 7.19.